The summed E-state index contributed by atoms with van der Waals surface area (Å²) in [5.74, 6) is 0.0844. The lowest BCUT2D eigenvalue weighted by Gasteiger charge is -2.12. The number of rotatable bonds is 4. The van der Waals surface area contributed by atoms with E-state index in [0.29, 0.717) is 16.5 Å². The average Bonchev–Trinajstić information content (AvgIpc) is 2.78. The van der Waals surface area contributed by atoms with Gasteiger partial charge in [-0.05, 0) is 29.8 Å². The molecule has 1 heterocycles. The molecule has 6 heteroatoms. The maximum atomic E-state index is 12.6. The summed E-state index contributed by atoms with van der Waals surface area (Å²) in [6, 6.07) is 12.0. The summed E-state index contributed by atoms with van der Waals surface area (Å²) >= 11 is 6.00. The molecule has 1 atom stereocenters. The van der Waals surface area contributed by atoms with Crippen molar-refractivity contribution in [1.29, 1.82) is 0 Å². The molecule has 26 heavy (non-hydrogen) atoms. The Kier molecular flexibility index (Phi) is 5.38. The highest BCUT2D eigenvalue weighted by molar-refractivity contribution is 6.30. The van der Waals surface area contributed by atoms with E-state index in [1.54, 1.807) is 19.2 Å². The summed E-state index contributed by atoms with van der Waals surface area (Å²) in [5, 5.41) is 0.607. The van der Waals surface area contributed by atoms with Crippen molar-refractivity contribution >= 4 is 29.1 Å². The van der Waals surface area contributed by atoms with Gasteiger partial charge in [-0.2, -0.15) is 0 Å². The molecule has 2 aromatic carbocycles. The third kappa shape index (κ3) is 3.78. The van der Waals surface area contributed by atoms with Crippen molar-refractivity contribution < 1.29 is 19.1 Å². The van der Waals surface area contributed by atoms with Crippen LogP contribution in [0.3, 0.4) is 0 Å². The van der Waals surface area contributed by atoms with Gasteiger partial charge in [-0.25, -0.2) is 0 Å². The van der Waals surface area contributed by atoms with Crippen LogP contribution in [0.5, 0.6) is 5.75 Å². The Morgan fingerprint density at radius 3 is 2.58 bits per heavy atom. The van der Waals surface area contributed by atoms with E-state index in [0.717, 1.165) is 16.7 Å². The quantitative estimate of drug-likeness (QED) is 0.774. The van der Waals surface area contributed by atoms with Crippen molar-refractivity contribution in [2.24, 2.45) is 4.99 Å². The summed E-state index contributed by atoms with van der Waals surface area (Å²) in [5.41, 5.74) is 3.10. The van der Waals surface area contributed by atoms with E-state index in [4.69, 9.17) is 21.1 Å². The van der Waals surface area contributed by atoms with Crippen LogP contribution in [0.2, 0.25) is 5.02 Å². The van der Waals surface area contributed by atoms with E-state index in [-0.39, 0.29) is 18.6 Å². The van der Waals surface area contributed by atoms with E-state index >= 15 is 0 Å². The standard InChI is InChI=1S/C20H18ClNO4/c1-25-15-8-5-13-9-18(23)17(11-19(24)26-2)22-20(16(13)10-15)12-3-6-14(21)7-4-12/h3-8,10,17H,9,11H2,1-2H3/t17-/m0/s1. The molecular formula is C20H18ClNO4. The van der Waals surface area contributed by atoms with Gasteiger partial charge < -0.3 is 9.47 Å². The maximum absolute atomic E-state index is 12.6. The van der Waals surface area contributed by atoms with Crippen LogP contribution in [0.1, 0.15) is 23.1 Å². The minimum atomic E-state index is -0.786. The van der Waals surface area contributed by atoms with Gasteiger partial charge in [-0.3, -0.25) is 14.6 Å². The van der Waals surface area contributed by atoms with Crippen LogP contribution in [0.25, 0.3) is 0 Å². The van der Waals surface area contributed by atoms with Crippen LogP contribution >= 0.6 is 11.6 Å². The molecule has 0 aliphatic carbocycles. The number of carbonyl (C=O) groups excluding carboxylic acids is 2. The monoisotopic (exact) mass is 371 g/mol. The Hall–Kier alpha value is -2.66. The van der Waals surface area contributed by atoms with E-state index in [2.05, 4.69) is 4.99 Å². The first-order chi connectivity index (χ1) is 12.5. The molecule has 0 N–H and O–H groups in total. The van der Waals surface area contributed by atoms with Crippen LogP contribution in [0, 0.1) is 0 Å². The second-order valence-electron chi connectivity index (χ2n) is 5.95. The minimum absolute atomic E-state index is 0.0858. The number of hydrogen-bond donors (Lipinski definition) is 0. The molecule has 0 spiro atoms. The highest BCUT2D eigenvalue weighted by Crippen LogP contribution is 2.27. The molecule has 0 aromatic heterocycles. The second kappa shape index (κ2) is 7.70. The van der Waals surface area contributed by atoms with Crippen LogP contribution in [0.15, 0.2) is 47.5 Å². The molecule has 3 rings (SSSR count). The van der Waals surface area contributed by atoms with Gasteiger partial charge in [0.1, 0.15) is 11.8 Å². The van der Waals surface area contributed by atoms with Crippen LogP contribution in [-0.2, 0) is 20.7 Å². The average molecular weight is 372 g/mol. The van der Waals surface area contributed by atoms with Crippen molar-refractivity contribution in [3.05, 3.63) is 64.2 Å². The van der Waals surface area contributed by atoms with Crippen molar-refractivity contribution in [1.82, 2.24) is 0 Å². The number of carbonyl (C=O) groups is 2. The predicted octanol–water partition coefficient (Wildman–Crippen LogP) is 3.24. The molecule has 1 aliphatic rings. The Morgan fingerprint density at radius 2 is 1.92 bits per heavy atom. The molecule has 134 valence electrons. The smallest absolute Gasteiger partial charge is 0.308 e. The summed E-state index contributed by atoms with van der Waals surface area (Å²) < 4.78 is 10.0. The summed E-state index contributed by atoms with van der Waals surface area (Å²) in [6.45, 7) is 0. The van der Waals surface area contributed by atoms with Crippen molar-refractivity contribution in [2.75, 3.05) is 14.2 Å². The number of hydrogen-bond acceptors (Lipinski definition) is 5. The van der Waals surface area contributed by atoms with E-state index in [1.165, 1.54) is 7.11 Å². The minimum Gasteiger partial charge on any atom is -0.497 e. The third-order valence-electron chi connectivity index (χ3n) is 4.30. The number of ketones is 1. The molecule has 5 nitrogen and oxygen atoms in total. The second-order valence-corrected chi connectivity index (χ2v) is 6.38. The molecular weight excluding hydrogens is 354 g/mol. The van der Waals surface area contributed by atoms with Gasteiger partial charge in [0.25, 0.3) is 0 Å². The lowest BCUT2D eigenvalue weighted by molar-refractivity contribution is -0.142. The van der Waals surface area contributed by atoms with Crippen LogP contribution in [0.4, 0.5) is 0 Å². The number of nitrogens with zero attached hydrogens (tertiary/aromatic N) is 1. The Labute approximate surface area is 156 Å². The molecule has 0 unspecified atom stereocenters. The molecule has 0 fully saturated rings. The number of ether oxygens (including phenoxy) is 2. The van der Waals surface area contributed by atoms with Crippen molar-refractivity contribution in [2.45, 2.75) is 18.9 Å². The van der Waals surface area contributed by atoms with Crippen molar-refractivity contribution in [3.8, 4) is 5.75 Å². The number of benzene rings is 2. The SMILES string of the molecule is COC(=O)C[C@@H]1N=C(c2ccc(Cl)cc2)c2cc(OC)ccc2CC1=O. The topological polar surface area (TPSA) is 65.0 Å². The molecule has 0 saturated heterocycles. The highest BCUT2D eigenvalue weighted by atomic mass is 35.5. The molecule has 0 bridgehead atoms. The number of fused-ring (bicyclic) bond motifs is 1. The molecule has 0 saturated carbocycles. The van der Waals surface area contributed by atoms with Gasteiger partial charge in [-0.15, -0.1) is 0 Å². The lowest BCUT2D eigenvalue weighted by Crippen LogP contribution is -2.24. The Morgan fingerprint density at radius 1 is 1.19 bits per heavy atom. The van der Waals surface area contributed by atoms with Gasteiger partial charge in [-0.1, -0.05) is 29.8 Å². The number of Topliss-reactive ketones (excluding diaryl/α,β-unsaturated/α-hetero) is 1. The van der Waals surface area contributed by atoms with Gasteiger partial charge in [0.2, 0.25) is 0 Å². The molecule has 0 amide bonds. The fourth-order valence-electron chi connectivity index (χ4n) is 2.90. The molecule has 1 aliphatic heterocycles. The van der Waals surface area contributed by atoms with Crippen LogP contribution in [-0.4, -0.2) is 37.7 Å². The first kappa shape index (κ1) is 18.1. The number of methoxy groups -OCH3 is 2. The van der Waals surface area contributed by atoms with Gasteiger partial charge in [0.15, 0.2) is 5.78 Å². The fraction of sp³-hybridized carbons (Fsp3) is 0.250. The fourth-order valence-corrected chi connectivity index (χ4v) is 3.02. The number of aliphatic imine (C=N–C) groups is 1. The predicted molar refractivity (Wildman–Crippen MR) is 99.2 cm³/mol. The van der Waals surface area contributed by atoms with Crippen LogP contribution < -0.4 is 4.74 Å². The Balaban J connectivity index is 2.15. The first-order valence-electron chi connectivity index (χ1n) is 8.12. The largest absolute Gasteiger partial charge is 0.497 e. The summed E-state index contributed by atoms with van der Waals surface area (Å²) in [7, 11) is 2.88. The number of esters is 1. The zero-order chi connectivity index (χ0) is 18.7. The van der Waals surface area contributed by atoms with Crippen molar-refractivity contribution in [3.63, 3.8) is 0 Å². The zero-order valence-electron chi connectivity index (χ0n) is 14.5. The van der Waals surface area contributed by atoms with E-state index < -0.39 is 12.0 Å². The number of halogens is 1. The first-order valence-corrected chi connectivity index (χ1v) is 8.50. The lowest BCUT2D eigenvalue weighted by atomic mass is 9.95. The third-order valence-corrected chi connectivity index (χ3v) is 4.55. The van der Waals surface area contributed by atoms with E-state index in [9.17, 15) is 9.59 Å². The van der Waals surface area contributed by atoms with Gasteiger partial charge in [0, 0.05) is 22.6 Å². The summed E-state index contributed by atoms with van der Waals surface area (Å²) in [6.07, 6.45) is 0.110. The maximum Gasteiger partial charge on any atom is 0.308 e. The van der Waals surface area contributed by atoms with Gasteiger partial charge >= 0.3 is 5.97 Å². The van der Waals surface area contributed by atoms with E-state index in [1.807, 2.05) is 30.3 Å². The highest BCUT2D eigenvalue weighted by Gasteiger charge is 2.28. The summed E-state index contributed by atoms with van der Waals surface area (Å²) in [4.78, 5) is 29.0. The van der Waals surface area contributed by atoms with Gasteiger partial charge in [0.05, 0.1) is 26.4 Å². The zero-order valence-corrected chi connectivity index (χ0v) is 15.2. The molecule has 0 radical (unpaired) electrons. The normalized spacial score (nSPS) is 16.3. The molecule has 2 aromatic rings. The Bertz CT molecular complexity index is 874.